The van der Waals surface area contributed by atoms with Gasteiger partial charge in [-0.1, -0.05) is 24.9 Å². The van der Waals surface area contributed by atoms with Crippen molar-refractivity contribution in [2.45, 2.75) is 32.7 Å². The molecule has 2 N–H and O–H groups in total. The van der Waals surface area contributed by atoms with Crippen molar-refractivity contribution in [3.8, 4) is 0 Å². The average molecular weight is 273 g/mol. The lowest BCUT2D eigenvalue weighted by Gasteiger charge is -2.15. The number of carbonyl (C=O) groups excluding carboxylic acids is 1. The van der Waals surface area contributed by atoms with Crippen LogP contribution in [-0.2, 0) is 4.79 Å². The molecule has 0 aromatic heterocycles. The molecule has 0 spiro atoms. The van der Waals surface area contributed by atoms with Gasteiger partial charge in [0, 0.05) is 11.6 Å². The van der Waals surface area contributed by atoms with E-state index in [1.54, 1.807) is 6.92 Å². The van der Waals surface area contributed by atoms with Crippen LogP contribution in [0.3, 0.4) is 0 Å². The van der Waals surface area contributed by atoms with E-state index in [1.807, 2.05) is 0 Å². The van der Waals surface area contributed by atoms with Gasteiger partial charge in [0.1, 0.15) is 11.9 Å². The molecule has 0 saturated heterocycles. The predicted molar refractivity (Wildman–Crippen MR) is 72.4 cm³/mol. The zero-order valence-electron chi connectivity index (χ0n) is 10.6. The van der Waals surface area contributed by atoms with Crippen molar-refractivity contribution in [3.63, 3.8) is 0 Å². The molecule has 0 aliphatic carbocycles. The highest BCUT2D eigenvalue weighted by Crippen LogP contribution is 2.20. The van der Waals surface area contributed by atoms with E-state index in [4.69, 9.17) is 11.6 Å². The summed E-state index contributed by atoms with van der Waals surface area (Å²) in [5.74, 6) is -0.574. The maximum Gasteiger partial charge on any atom is 0.242 e. The Morgan fingerprint density at radius 2 is 2.22 bits per heavy atom. The van der Waals surface area contributed by atoms with Crippen molar-refractivity contribution in [2.24, 2.45) is 0 Å². The van der Waals surface area contributed by atoms with Crippen molar-refractivity contribution in [3.05, 3.63) is 29.0 Å². The minimum atomic E-state index is -0.505. The van der Waals surface area contributed by atoms with E-state index < -0.39 is 11.9 Å². The molecule has 1 rings (SSSR count). The lowest BCUT2D eigenvalue weighted by molar-refractivity contribution is -0.121. The van der Waals surface area contributed by atoms with Crippen LogP contribution in [0.1, 0.15) is 26.7 Å². The number of benzene rings is 1. The summed E-state index contributed by atoms with van der Waals surface area (Å²) in [7, 11) is 0. The smallest absolute Gasteiger partial charge is 0.242 e. The van der Waals surface area contributed by atoms with E-state index in [-0.39, 0.29) is 11.6 Å². The number of rotatable bonds is 6. The van der Waals surface area contributed by atoms with Gasteiger partial charge in [0.05, 0.1) is 5.69 Å². The van der Waals surface area contributed by atoms with E-state index in [0.717, 1.165) is 12.8 Å². The summed E-state index contributed by atoms with van der Waals surface area (Å²) >= 11 is 5.78. The highest BCUT2D eigenvalue weighted by molar-refractivity contribution is 6.30. The van der Waals surface area contributed by atoms with Crippen LogP contribution in [0, 0.1) is 5.82 Å². The third-order valence-corrected chi connectivity index (χ3v) is 2.76. The lowest BCUT2D eigenvalue weighted by Crippen LogP contribution is -2.38. The predicted octanol–water partition coefficient (Wildman–Crippen LogP) is 3.20. The van der Waals surface area contributed by atoms with Crippen LogP contribution in [0.25, 0.3) is 0 Å². The van der Waals surface area contributed by atoms with Crippen LogP contribution in [-0.4, -0.2) is 18.5 Å². The Hall–Kier alpha value is -1.29. The molecule has 0 fully saturated rings. The Kier molecular flexibility index (Phi) is 5.92. The molecule has 1 aromatic carbocycles. The Balaban J connectivity index is 2.55. The van der Waals surface area contributed by atoms with Gasteiger partial charge in [0.15, 0.2) is 0 Å². The van der Waals surface area contributed by atoms with Gasteiger partial charge in [0.25, 0.3) is 0 Å². The fraction of sp³-hybridized carbons (Fsp3) is 0.462. The van der Waals surface area contributed by atoms with Crippen molar-refractivity contribution < 1.29 is 9.18 Å². The average Bonchev–Trinajstić information content (AvgIpc) is 2.34. The number of halogens is 2. The molecule has 0 saturated carbocycles. The lowest BCUT2D eigenvalue weighted by atomic mass is 10.2. The van der Waals surface area contributed by atoms with Gasteiger partial charge in [-0.2, -0.15) is 0 Å². The second kappa shape index (κ2) is 7.21. The van der Waals surface area contributed by atoms with Gasteiger partial charge in [-0.15, -0.1) is 0 Å². The molecule has 5 heteroatoms. The molecule has 3 nitrogen and oxygen atoms in total. The molecule has 100 valence electrons. The molecule has 1 unspecified atom stereocenters. The molecule has 1 aromatic rings. The van der Waals surface area contributed by atoms with E-state index in [9.17, 15) is 9.18 Å². The maximum absolute atomic E-state index is 13.4. The SMILES string of the molecule is CCCCNC(=O)C(C)Nc1cc(Cl)ccc1F. The van der Waals surface area contributed by atoms with Crippen LogP contribution in [0.2, 0.25) is 5.02 Å². The Bertz CT molecular complexity index is 412. The summed E-state index contributed by atoms with van der Waals surface area (Å²) in [6.45, 7) is 4.37. The number of amides is 1. The van der Waals surface area contributed by atoms with E-state index in [2.05, 4.69) is 17.6 Å². The highest BCUT2D eigenvalue weighted by Gasteiger charge is 2.13. The normalized spacial score (nSPS) is 12.0. The van der Waals surface area contributed by atoms with Crippen molar-refractivity contribution in [2.75, 3.05) is 11.9 Å². The fourth-order valence-corrected chi connectivity index (χ4v) is 1.62. The third-order valence-electron chi connectivity index (χ3n) is 2.52. The molecule has 1 amide bonds. The first-order valence-corrected chi connectivity index (χ1v) is 6.41. The first kappa shape index (κ1) is 14.8. The molecule has 0 aliphatic heterocycles. The number of nitrogens with one attached hydrogen (secondary N) is 2. The zero-order valence-corrected chi connectivity index (χ0v) is 11.4. The molecule has 0 bridgehead atoms. The summed E-state index contributed by atoms with van der Waals surface area (Å²) < 4.78 is 13.4. The largest absolute Gasteiger partial charge is 0.371 e. The van der Waals surface area contributed by atoms with Crippen molar-refractivity contribution in [1.29, 1.82) is 0 Å². The van der Waals surface area contributed by atoms with Crippen LogP contribution in [0.5, 0.6) is 0 Å². The molecule has 0 heterocycles. The second-order valence-electron chi connectivity index (χ2n) is 4.13. The minimum Gasteiger partial charge on any atom is -0.371 e. The number of anilines is 1. The van der Waals surface area contributed by atoms with Crippen LogP contribution in [0.15, 0.2) is 18.2 Å². The minimum absolute atomic E-state index is 0.150. The topological polar surface area (TPSA) is 41.1 Å². The Morgan fingerprint density at radius 1 is 1.50 bits per heavy atom. The van der Waals surface area contributed by atoms with Gasteiger partial charge >= 0.3 is 0 Å². The van der Waals surface area contributed by atoms with E-state index >= 15 is 0 Å². The third kappa shape index (κ3) is 4.53. The summed E-state index contributed by atoms with van der Waals surface area (Å²) in [6.07, 6.45) is 1.95. The molecular formula is C13H18ClFN2O. The fourth-order valence-electron chi connectivity index (χ4n) is 1.45. The first-order chi connectivity index (χ1) is 8.54. The van der Waals surface area contributed by atoms with E-state index in [0.29, 0.717) is 11.6 Å². The number of hydrogen-bond acceptors (Lipinski definition) is 2. The molecule has 1 atom stereocenters. The summed E-state index contributed by atoms with van der Waals surface area (Å²) in [5, 5.41) is 6.02. The highest BCUT2D eigenvalue weighted by atomic mass is 35.5. The molecule has 0 radical (unpaired) electrons. The van der Waals surface area contributed by atoms with Crippen LogP contribution >= 0.6 is 11.6 Å². The van der Waals surface area contributed by atoms with Crippen LogP contribution in [0.4, 0.5) is 10.1 Å². The quantitative estimate of drug-likeness (QED) is 0.781. The summed E-state index contributed by atoms with van der Waals surface area (Å²) in [6, 6.07) is 3.70. The first-order valence-electron chi connectivity index (χ1n) is 6.04. The number of unbranched alkanes of at least 4 members (excludes halogenated alkanes) is 1. The van der Waals surface area contributed by atoms with Gasteiger partial charge in [-0.25, -0.2) is 4.39 Å². The van der Waals surface area contributed by atoms with Gasteiger partial charge in [0.2, 0.25) is 5.91 Å². The number of hydrogen-bond donors (Lipinski definition) is 2. The molecule has 18 heavy (non-hydrogen) atoms. The zero-order chi connectivity index (χ0) is 13.5. The van der Waals surface area contributed by atoms with Crippen molar-refractivity contribution in [1.82, 2.24) is 5.32 Å². The Morgan fingerprint density at radius 3 is 2.89 bits per heavy atom. The molecule has 0 aliphatic rings. The van der Waals surface area contributed by atoms with Gasteiger partial charge < -0.3 is 10.6 Å². The summed E-state index contributed by atoms with van der Waals surface area (Å²) in [4.78, 5) is 11.7. The summed E-state index contributed by atoms with van der Waals surface area (Å²) in [5.41, 5.74) is 0.237. The van der Waals surface area contributed by atoms with Gasteiger partial charge in [-0.05, 0) is 31.5 Å². The van der Waals surface area contributed by atoms with Crippen LogP contribution < -0.4 is 10.6 Å². The molecular weight excluding hydrogens is 255 g/mol. The standard InChI is InChI=1S/C13H18ClFN2O/c1-3-4-7-16-13(18)9(2)17-12-8-10(14)5-6-11(12)15/h5-6,8-9,17H,3-4,7H2,1-2H3,(H,16,18). The van der Waals surface area contributed by atoms with E-state index in [1.165, 1.54) is 18.2 Å². The van der Waals surface area contributed by atoms with Crippen molar-refractivity contribution >= 4 is 23.2 Å². The second-order valence-corrected chi connectivity index (χ2v) is 4.57. The van der Waals surface area contributed by atoms with Gasteiger partial charge in [-0.3, -0.25) is 4.79 Å². The number of carbonyl (C=O) groups is 1. The monoisotopic (exact) mass is 272 g/mol. The maximum atomic E-state index is 13.4. The Labute approximate surface area is 112 Å².